The Labute approximate surface area is 123 Å². The topological polar surface area (TPSA) is 49.9 Å². The molecule has 0 bridgehead atoms. The summed E-state index contributed by atoms with van der Waals surface area (Å²) in [5.41, 5.74) is 6.29. The van der Waals surface area contributed by atoms with Crippen molar-refractivity contribution >= 4 is 45.1 Å². The molecule has 0 aliphatic heterocycles. The highest BCUT2D eigenvalue weighted by atomic mass is 79.9. The maximum Gasteiger partial charge on any atom is 0.123 e. The smallest absolute Gasteiger partial charge is 0.123 e. The zero-order valence-electron chi connectivity index (χ0n) is 9.28. The monoisotopic (exact) mass is 340 g/mol. The van der Waals surface area contributed by atoms with Gasteiger partial charge in [-0.1, -0.05) is 51.4 Å². The molecule has 2 nitrogen and oxygen atoms in total. The summed E-state index contributed by atoms with van der Waals surface area (Å²) in [4.78, 5) is 1.85. The lowest BCUT2D eigenvalue weighted by molar-refractivity contribution is 1.32. The largest absolute Gasteiger partial charge is 0.384 e. The molecule has 0 aliphatic rings. The van der Waals surface area contributed by atoms with Crippen LogP contribution in [0.15, 0.2) is 56.7 Å². The van der Waals surface area contributed by atoms with Gasteiger partial charge in [-0.05, 0) is 30.3 Å². The normalized spacial score (nSPS) is 10.3. The van der Waals surface area contributed by atoms with Gasteiger partial charge < -0.3 is 5.73 Å². The Morgan fingerprint density at radius 3 is 2.56 bits per heavy atom. The van der Waals surface area contributed by atoms with Crippen LogP contribution in [0.1, 0.15) is 5.56 Å². The molecule has 18 heavy (non-hydrogen) atoms. The third-order valence-corrected chi connectivity index (χ3v) is 4.36. The van der Waals surface area contributed by atoms with Gasteiger partial charge in [0, 0.05) is 19.8 Å². The molecule has 2 aromatic rings. The van der Waals surface area contributed by atoms with Crippen molar-refractivity contribution < 1.29 is 0 Å². The van der Waals surface area contributed by atoms with Crippen LogP contribution in [0.25, 0.3) is 0 Å². The lowest BCUT2D eigenvalue weighted by Gasteiger charge is -2.09. The highest BCUT2D eigenvalue weighted by Crippen LogP contribution is 2.36. The Hall–Kier alpha value is -0.970. The number of rotatable bonds is 3. The Morgan fingerprint density at radius 1 is 1.17 bits per heavy atom. The minimum Gasteiger partial charge on any atom is -0.384 e. The van der Waals surface area contributed by atoms with Crippen molar-refractivity contribution in [2.45, 2.75) is 9.79 Å². The molecule has 0 spiro atoms. The zero-order valence-corrected chi connectivity index (χ0v) is 12.4. The highest BCUT2D eigenvalue weighted by molar-refractivity contribution is 9.10. The molecule has 0 radical (unpaired) electrons. The van der Waals surface area contributed by atoms with E-state index in [1.54, 1.807) is 0 Å². The molecule has 0 unspecified atom stereocenters. The predicted octanol–water partition coefficient (Wildman–Crippen LogP) is 4.54. The van der Waals surface area contributed by atoms with Crippen molar-refractivity contribution in [2.24, 2.45) is 5.73 Å². The van der Waals surface area contributed by atoms with Gasteiger partial charge in [-0.2, -0.15) is 0 Å². The van der Waals surface area contributed by atoms with E-state index in [2.05, 4.69) is 15.9 Å². The molecule has 0 amide bonds. The number of amidine groups is 1. The fourth-order valence-electron chi connectivity index (χ4n) is 1.45. The van der Waals surface area contributed by atoms with Crippen molar-refractivity contribution in [3.8, 4) is 0 Å². The first-order chi connectivity index (χ1) is 8.58. The van der Waals surface area contributed by atoms with Crippen molar-refractivity contribution in [1.29, 1.82) is 5.41 Å². The van der Waals surface area contributed by atoms with Crippen molar-refractivity contribution in [1.82, 2.24) is 0 Å². The summed E-state index contributed by atoms with van der Waals surface area (Å²) in [7, 11) is 0. The SMILES string of the molecule is N=C(N)c1ccc(Br)cc1Sc1ccccc1Cl. The summed E-state index contributed by atoms with van der Waals surface area (Å²) in [6.45, 7) is 0. The third kappa shape index (κ3) is 3.07. The number of hydrogen-bond donors (Lipinski definition) is 2. The zero-order chi connectivity index (χ0) is 13.1. The van der Waals surface area contributed by atoms with E-state index in [0.29, 0.717) is 10.6 Å². The quantitative estimate of drug-likeness (QED) is 0.636. The maximum absolute atomic E-state index is 7.58. The summed E-state index contributed by atoms with van der Waals surface area (Å²) >= 11 is 11.0. The Morgan fingerprint density at radius 2 is 1.89 bits per heavy atom. The third-order valence-electron chi connectivity index (χ3n) is 2.29. The fraction of sp³-hybridized carbons (Fsp3) is 0. The van der Waals surface area contributed by atoms with Crippen molar-refractivity contribution in [3.05, 3.63) is 57.5 Å². The van der Waals surface area contributed by atoms with Gasteiger partial charge in [0.1, 0.15) is 5.84 Å². The van der Waals surface area contributed by atoms with E-state index >= 15 is 0 Å². The van der Waals surface area contributed by atoms with E-state index in [4.69, 9.17) is 22.7 Å². The molecular formula is C13H10BrClN2S. The summed E-state index contributed by atoms with van der Waals surface area (Å²) in [5.74, 6) is 0.0528. The fourth-order valence-corrected chi connectivity index (χ4v) is 3.24. The maximum atomic E-state index is 7.58. The van der Waals surface area contributed by atoms with E-state index in [9.17, 15) is 0 Å². The first-order valence-corrected chi connectivity index (χ1v) is 7.13. The van der Waals surface area contributed by atoms with Crippen LogP contribution in [0.4, 0.5) is 0 Å². The number of nitrogen functional groups attached to an aromatic ring is 1. The molecule has 2 aromatic carbocycles. The summed E-state index contributed by atoms with van der Waals surface area (Å²) in [5, 5.41) is 8.27. The molecule has 5 heteroatoms. The van der Waals surface area contributed by atoms with Crippen LogP contribution in [0.3, 0.4) is 0 Å². The molecule has 0 saturated carbocycles. The molecule has 2 rings (SSSR count). The number of nitrogens with two attached hydrogens (primary N) is 1. The molecule has 0 saturated heterocycles. The molecule has 3 N–H and O–H groups in total. The van der Waals surface area contributed by atoms with Gasteiger partial charge in [-0.3, -0.25) is 5.41 Å². The van der Waals surface area contributed by atoms with E-state index in [1.165, 1.54) is 11.8 Å². The Kier molecular flexibility index (Phi) is 4.32. The predicted molar refractivity (Wildman–Crippen MR) is 80.7 cm³/mol. The van der Waals surface area contributed by atoms with Gasteiger partial charge in [0.2, 0.25) is 0 Å². The summed E-state index contributed by atoms with van der Waals surface area (Å²) in [6.07, 6.45) is 0. The van der Waals surface area contributed by atoms with Crippen LogP contribution < -0.4 is 5.73 Å². The van der Waals surface area contributed by atoms with E-state index in [1.807, 2.05) is 42.5 Å². The van der Waals surface area contributed by atoms with Gasteiger partial charge in [0.15, 0.2) is 0 Å². The second-order valence-electron chi connectivity index (χ2n) is 3.59. The van der Waals surface area contributed by atoms with Gasteiger partial charge in [0.05, 0.1) is 5.02 Å². The molecule has 0 fully saturated rings. The van der Waals surface area contributed by atoms with Gasteiger partial charge in [-0.25, -0.2) is 0 Å². The van der Waals surface area contributed by atoms with E-state index in [0.717, 1.165) is 14.3 Å². The first kappa shape index (κ1) is 13.5. The van der Waals surface area contributed by atoms with Crippen LogP contribution >= 0.6 is 39.3 Å². The van der Waals surface area contributed by atoms with Gasteiger partial charge in [0.25, 0.3) is 0 Å². The average Bonchev–Trinajstić information content (AvgIpc) is 2.32. The molecular weight excluding hydrogens is 332 g/mol. The van der Waals surface area contributed by atoms with Crippen LogP contribution in [0.5, 0.6) is 0 Å². The highest BCUT2D eigenvalue weighted by Gasteiger charge is 2.09. The Balaban J connectivity index is 2.42. The first-order valence-electron chi connectivity index (χ1n) is 5.14. The van der Waals surface area contributed by atoms with Crippen LogP contribution in [0, 0.1) is 5.41 Å². The standard InChI is InChI=1S/C13H10BrClN2S/c14-8-5-6-9(13(16)17)12(7-8)18-11-4-2-1-3-10(11)15/h1-7H,(H3,16,17). The number of hydrogen-bond acceptors (Lipinski definition) is 2. The number of halogens is 2. The minimum atomic E-state index is 0.0528. The molecule has 0 aliphatic carbocycles. The van der Waals surface area contributed by atoms with Crippen LogP contribution in [0.2, 0.25) is 5.02 Å². The van der Waals surface area contributed by atoms with Crippen LogP contribution in [-0.4, -0.2) is 5.84 Å². The second kappa shape index (κ2) is 5.78. The minimum absolute atomic E-state index is 0.0528. The summed E-state index contributed by atoms with van der Waals surface area (Å²) < 4.78 is 0.946. The number of benzene rings is 2. The van der Waals surface area contributed by atoms with E-state index < -0.39 is 0 Å². The van der Waals surface area contributed by atoms with Crippen molar-refractivity contribution in [3.63, 3.8) is 0 Å². The number of nitrogens with one attached hydrogen (secondary N) is 1. The Bertz CT molecular complexity index is 601. The van der Waals surface area contributed by atoms with Crippen molar-refractivity contribution in [2.75, 3.05) is 0 Å². The second-order valence-corrected chi connectivity index (χ2v) is 5.99. The molecule has 0 atom stereocenters. The molecule has 0 aromatic heterocycles. The average molecular weight is 342 g/mol. The summed E-state index contributed by atoms with van der Waals surface area (Å²) in [6, 6.07) is 13.2. The van der Waals surface area contributed by atoms with Crippen LogP contribution in [-0.2, 0) is 0 Å². The van der Waals surface area contributed by atoms with E-state index in [-0.39, 0.29) is 5.84 Å². The van der Waals surface area contributed by atoms with Gasteiger partial charge in [-0.15, -0.1) is 0 Å². The lowest BCUT2D eigenvalue weighted by Crippen LogP contribution is -2.12. The molecule has 0 heterocycles. The molecule has 92 valence electrons. The van der Waals surface area contributed by atoms with Gasteiger partial charge >= 0.3 is 0 Å². The lowest BCUT2D eigenvalue weighted by atomic mass is 10.2.